The van der Waals surface area contributed by atoms with Gasteiger partial charge >= 0.3 is 5.97 Å². The third-order valence-corrected chi connectivity index (χ3v) is 3.09. The Kier molecular flexibility index (Phi) is 4.68. The number of hydrogen-bond acceptors (Lipinski definition) is 3. The minimum absolute atomic E-state index is 0.350. The Morgan fingerprint density at radius 2 is 1.94 bits per heavy atom. The zero-order chi connectivity index (χ0) is 12.1. The van der Waals surface area contributed by atoms with Crippen LogP contribution in [0.4, 0.5) is 0 Å². The lowest BCUT2D eigenvalue weighted by Gasteiger charge is -2.06. The van der Waals surface area contributed by atoms with Gasteiger partial charge < -0.3 is 15.7 Å². The summed E-state index contributed by atoms with van der Waals surface area (Å²) in [7, 11) is -2.64. The molecule has 0 amide bonds. The molecule has 0 aliphatic heterocycles. The maximum absolute atomic E-state index is 10.8. The fourth-order valence-electron chi connectivity index (χ4n) is 1.26. The monoisotopic (exact) mass is 243 g/mol. The molecule has 0 saturated heterocycles. The van der Waals surface area contributed by atoms with Crippen LogP contribution in [0.1, 0.15) is 12.0 Å². The first kappa shape index (κ1) is 12.9. The van der Waals surface area contributed by atoms with E-state index in [-0.39, 0.29) is 0 Å². The Hall–Kier alpha value is -1.16. The van der Waals surface area contributed by atoms with Gasteiger partial charge in [-0.3, -0.25) is 9.36 Å². The number of carbonyl (C=O) groups is 1. The molecule has 1 aromatic rings. The van der Waals surface area contributed by atoms with Crippen LogP contribution in [-0.4, -0.2) is 22.0 Å². The van der Waals surface area contributed by atoms with Crippen molar-refractivity contribution in [2.24, 2.45) is 5.73 Å². The van der Waals surface area contributed by atoms with Gasteiger partial charge in [0.25, 0.3) is 0 Å². The second kappa shape index (κ2) is 5.80. The van der Waals surface area contributed by atoms with Crippen molar-refractivity contribution in [3.8, 4) is 0 Å². The Morgan fingerprint density at radius 3 is 2.38 bits per heavy atom. The van der Waals surface area contributed by atoms with Gasteiger partial charge in [0.1, 0.15) is 6.04 Å². The third kappa shape index (κ3) is 3.77. The van der Waals surface area contributed by atoms with E-state index in [2.05, 4.69) is 0 Å². The van der Waals surface area contributed by atoms with Crippen molar-refractivity contribution in [1.29, 1.82) is 0 Å². The third-order valence-electron chi connectivity index (χ3n) is 2.26. The molecule has 1 aromatic carbocycles. The summed E-state index contributed by atoms with van der Waals surface area (Å²) in [6, 6.07) is 5.70. The summed E-state index contributed by atoms with van der Waals surface area (Å²) in [4.78, 5) is 19.3. The van der Waals surface area contributed by atoms with Crippen LogP contribution in [-0.2, 0) is 15.8 Å². The molecule has 0 bridgehead atoms. The molecule has 0 fully saturated rings. The molecule has 6 heteroatoms. The molecule has 1 rings (SSSR count). The van der Waals surface area contributed by atoms with E-state index in [9.17, 15) is 9.36 Å². The maximum Gasteiger partial charge on any atom is 0.320 e. The number of aryl methyl sites for hydroxylation is 1. The van der Waals surface area contributed by atoms with E-state index in [1.807, 2.05) is 0 Å². The summed E-state index contributed by atoms with van der Waals surface area (Å²) in [5.74, 6) is -1.02. The fraction of sp³-hybridized carbons (Fsp3) is 0.300. The van der Waals surface area contributed by atoms with E-state index in [0.29, 0.717) is 18.1 Å². The van der Waals surface area contributed by atoms with Gasteiger partial charge in [0, 0.05) is 5.30 Å². The number of aliphatic carboxylic acids is 1. The molecule has 0 aliphatic rings. The molecule has 5 nitrogen and oxygen atoms in total. The summed E-state index contributed by atoms with van der Waals surface area (Å²) in [5, 5.41) is 8.98. The minimum atomic E-state index is -2.64. The highest BCUT2D eigenvalue weighted by molar-refractivity contribution is 7.47. The number of carboxylic acid groups (broad SMARTS) is 1. The standard InChI is InChI=1S/C10H14NO4P/c11-9(10(12)13)6-3-7-1-4-8(5-2-7)16(14)15/h1-2,4-5,9,16H,3,6,11H2,(H,12,13)(H,14,15). The number of nitrogens with two attached hydrogens (primary N) is 1. The predicted molar refractivity (Wildman–Crippen MR) is 61.2 cm³/mol. The van der Waals surface area contributed by atoms with E-state index in [0.717, 1.165) is 5.56 Å². The van der Waals surface area contributed by atoms with Gasteiger partial charge in [-0.05, 0) is 30.5 Å². The average Bonchev–Trinajstić information content (AvgIpc) is 2.26. The Bertz CT molecular complexity index is 390. The molecule has 0 spiro atoms. The molecule has 16 heavy (non-hydrogen) atoms. The first-order valence-corrected chi connectivity index (χ1v) is 6.17. The first-order valence-electron chi connectivity index (χ1n) is 4.81. The number of carboxylic acids is 1. The second-order valence-electron chi connectivity index (χ2n) is 3.49. The number of hydrogen-bond donors (Lipinski definition) is 3. The minimum Gasteiger partial charge on any atom is -0.480 e. The Labute approximate surface area is 93.8 Å². The van der Waals surface area contributed by atoms with Crippen LogP contribution in [0.2, 0.25) is 0 Å². The molecule has 0 radical (unpaired) electrons. The lowest BCUT2D eigenvalue weighted by atomic mass is 10.1. The second-order valence-corrected chi connectivity index (χ2v) is 4.67. The van der Waals surface area contributed by atoms with Crippen LogP contribution in [0.3, 0.4) is 0 Å². The zero-order valence-electron chi connectivity index (χ0n) is 8.59. The molecule has 2 atom stereocenters. The highest BCUT2D eigenvalue weighted by atomic mass is 31.1. The highest BCUT2D eigenvalue weighted by Crippen LogP contribution is 2.13. The van der Waals surface area contributed by atoms with Crippen LogP contribution in [0.5, 0.6) is 0 Å². The van der Waals surface area contributed by atoms with E-state index < -0.39 is 20.0 Å². The molecule has 0 heterocycles. The SMILES string of the molecule is NC(CCc1ccc([PH](=O)O)cc1)C(=O)O. The van der Waals surface area contributed by atoms with E-state index in [1.165, 1.54) is 0 Å². The predicted octanol–water partition coefficient (Wildman–Crippen LogP) is 0.123. The molecule has 88 valence electrons. The molecule has 2 unspecified atom stereocenters. The van der Waals surface area contributed by atoms with Gasteiger partial charge in [0.15, 0.2) is 0 Å². The zero-order valence-corrected chi connectivity index (χ0v) is 9.59. The largest absolute Gasteiger partial charge is 0.480 e. The van der Waals surface area contributed by atoms with Crippen LogP contribution in [0.25, 0.3) is 0 Å². The molecule has 0 aliphatic carbocycles. The van der Waals surface area contributed by atoms with Gasteiger partial charge in [0.2, 0.25) is 8.03 Å². The smallest absolute Gasteiger partial charge is 0.320 e. The summed E-state index contributed by atoms with van der Waals surface area (Å²) in [6.45, 7) is 0. The fourth-order valence-corrected chi connectivity index (χ4v) is 1.71. The van der Waals surface area contributed by atoms with E-state index in [1.54, 1.807) is 24.3 Å². The highest BCUT2D eigenvalue weighted by Gasteiger charge is 2.10. The van der Waals surface area contributed by atoms with Crippen molar-refractivity contribution in [2.45, 2.75) is 18.9 Å². The van der Waals surface area contributed by atoms with Crippen LogP contribution >= 0.6 is 8.03 Å². The van der Waals surface area contributed by atoms with Crippen molar-refractivity contribution in [2.75, 3.05) is 0 Å². The van der Waals surface area contributed by atoms with Gasteiger partial charge in [-0.25, -0.2) is 0 Å². The lowest BCUT2D eigenvalue weighted by molar-refractivity contribution is -0.138. The summed E-state index contributed by atoms with van der Waals surface area (Å²) in [6.07, 6.45) is 0.892. The van der Waals surface area contributed by atoms with Gasteiger partial charge in [0.05, 0.1) is 0 Å². The van der Waals surface area contributed by atoms with Crippen molar-refractivity contribution < 1.29 is 19.4 Å². The quantitative estimate of drug-likeness (QED) is 0.638. The van der Waals surface area contributed by atoms with Gasteiger partial charge in [-0.2, -0.15) is 0 Å². The van der Waals surface area contributed by atoms with Crippen LogP contribution in [0, 0.1) is 0 Å². The van der Waals surface area contributed by atoms with Crippen molar-refractivity contribution in [1.82, 2.24) is 0 Å². The van der Waals surface area contributed by atoms with E-state index >= 15 is 0 Å². The number of benzene rings is 1. The molecule has 4 N–H and O–H groups in total. The Morgan fingerprint density at radius 1 is 1.38 bits per heavy atom. The van der Waals surface area contributed by atoms with Crippen molar-refractivity contribution in [3.05, 3.63) is 29.8 Å². The molecular weight excluding hydrogens is 229 g/mol. The number of rotatable bonds is 5. The summed E-state index contributed by atoms with van der Waals surface area (Å²) < 4.78 is 10.8. The summed E-state index contributed by atoms with van der Waals surface area (Å²) in [5.41, 5.74) is 6.26. The van der Waals surface area contributed by atoms with Crippen molar-refractivity contribution >= 4 is 19.3 Å². The average molecular weight is 243 g/mol. The Balaban J connectivity index is 2.56. The maximum atomic E-state index is 10.8. The van der Waals surface area contributed by atoms with Gasteiger partial charge in [-0.1, -0.05) is 12.1 Å². The van der Waals surface area contributed by atoms with Crippen LogP contribution in [0.15, 0.2) is 24.3 Å². The first-order chi connectivity index (χ1) is 7.50. The summed E-state index contributed by atoms with van der Waals surface area (Å²) >= 11 is 0. The van der Waals surface area contributed by atoms with Crippen molar-refractivity contribution in [3.63, 3.8) is 0 Å². The lowest BCUT2D eigenvalue weighted by Crippen LogP contribution is -2.30. The topological polar surface area (TPSA) is 101 Å². The molecule has 0 saturated carbocycles. The van der Waals surface area contributed by atoms with Gasteiger partial charge in [-0.15, -0.1) is 0 Å². The normalized spacial score (nSPS) is 14.4. The molecule has 0 aromatic heterocycles. The van der Waals surface area contributed by atoms with Crippen LogP contribution < -0.4 is 11.0 Å². The van der Waals surface area contributed by atoms with E-state index in [4.69, 9.17) is 15.7 Å². The molecular formula is C10H14NO4P.